The molecule has 2 fully saturated rings. The van der Waals surface area contributed by atoms with Crippen LogP contribution >= 0.6 is 0 Å². The van der Waals surface area contributed by atoms with Gasteiger partial charge < -0.3 is 10.6 Å². The van der Waals surface area contributed by atoms with Crippen molar-refractivity contribution < 1.29 is 4.79 Å². The van der Waals surface area contributed by atoms with E-state index in [0.717, 1.165) is 38.6 Å². The molecule has 14 heavy (non-hydrogen) atoms. The average Bonchev–Trinajstić information content (AvgIpc) is 2.70. The zero-order valence-electron chi connectivity index (χ0n) is 9.18. The van der Waals surface area contributed by atoms with E-state index in [4.69, 9.17) is 5.73 Å². The molecule has 2 N–H and O–H groups in total. The Balaban J connectivity index is 2.15. The van der Waals surface area contributed by atoms with Gasteiger partial charge in [-0.1, -0.05) is 0 Å². The molecule has 3 heteroatoms. The lowest BCUT2D eigenvalue weighted by Gasteiger charge is -2.29. The maximum Gasteiger partial charge on any atom is 0.228 e. The summed E-state index contributed by atoms with van der Waals surface area (Å²) in [7, 11) is 1.89. The molecule has 0 aliphatic heterocycles. The first-order valence-electron chi connectivity index (χ1n) is 5.56. The fraction of sp³-hybridized carbons (Fsp3) is 0.909. The molecule has 2 aliphatic carbocycles. The van der Waals surface area contributed by atoms with E-state index in [1.54, 1.807) is 0 Å². The van der Waals surface area contributed by atoms with E-state index >= 15 is 0 Å². The SMILES string of the molecule is CCN(C)C(=O)C12CCC(N)(CC1)C2. The Morgan fingerprint density at radius 2 is 1.93 bits per heavy atom. The average molecular weight is 196 g/mol. The fourth-order valence-corrected chi connectivity index (χ4v) is 3.09. The van der Waals surface area contributed by atoms with Crippen molar-refractivity contribution >= 4 is 5.91 Å². The van der Waals surface area contributed by atoms with Gasteiger partial charge in [-0.05, 0) is 39.0 Å². The monoisotopic (exact) mass is 196 g/mol. The quantitative estimate of drug-likeness (QED) is 0.719. The zero-order chi connectivity index (χ0) is 10.4. The minimum absolute atomic E-state index is 0.00968. The van der Waals surface area contributed by atoms with Gasteiger partial charge in [-0.25, -0.2) is 0 Å². The van der Waals surface area contributed by atoms with E-state index < -0.39 is 0 Å². The predicted octanol–water partition coefficient (Wildman–Crippen LogP) is 1.13. The second-order valence-corrected chi connectivity index (χ2v) is 5.14. The Labute approximate surface area is 85.6 Å². The van der Waals surface area contributed by atoms with E-state index in [1.165, 1.54) is 0 Å². The first kappa shape index (κ1) is 9.97. The van der Waals surface area contributed by atoms with Crippen LogP contribution in [0.25, 0.3) is 0 Å². The zero-order valence-corrected chi connectivity index (χ0v) is 9.18. The number of carbonyl (C=O) groups excluding carboxylic acids is 1. The third kappa shape index (κ3) is 1.26. The lowest BCUT2D eigenvalue weighted by Crippen LogP contribution is -2.39. The normalized spacial score (nSPS) is 40.2. The third-order valence-electron chi connectivity index (χ3n) is 4.17. The number of nitrogens with two attached hydrogens (primary N) is 1. The summed E-state index contributed by atoms with van der Waals surface area (Å²) in [5.74, 6) is 0.324. The van der Waals surface area contributed by atoms with E-state index in [1.807, 2.05) is 18.9 Å². The molecule has 0 atom stereocenters. The Kier molecular flexibility index (Phi) is 2.11. The van der Waals surface area contributed by atoms with Crippen LogP contribution in [0, 0.1) is 5.41 Å². The molecule has 0 aromatic carbocycles. The van der Waals surface area contributed by atoms with Crippen molar-refractivity contribution in [2.45, 2.75) is 44.6 Å². The highest BCUT2D eigenvalue weighted by Crippen LogP contribution is 2.55. The standard InChI is InChI=1S/C11H20N2O/c1-3-13(2)9(14)10-4-6-11(12,8-10)7-5-10/h3-8,12H2,1-2H3. The highest BCUT2D eigenvalue weighted by Gasteiger charge is 2.56. The van der Waals surface area contributed by atoms with Gasteiger partial charge in [0.2, 0.25) is 5.91 Å². The van der Waals surface area contributed by atoms with Crippen LogP contribution in [0.2, 0.25) is 0 Å². The minimum Gasteiger partial charge on any atom is -0.346 e. The lowest BCUT2D eigenvalue weighted by atomic mass is 9.82. The van der Waals surface area contributed by atoms with Gasteiger partial charge in [0.1, 0.15) is 0 Å². The van der Waals surface area contributed by atoms with E-state index in [-0.39, 0.29) is 11.0 Å². The molecule has 0 aromatic rings. The highest BCUT2D eigenvalue weighted by molar-refractivity contribution is 5.83. The topological polar surface area (TPSA) is 46.3 Å². The van der Waals surface area contributed by atoms with Crippen LogP contribution in [0.3, 0.4) is 0 Å². The van der Waals surface area contributed by atoms with E-state index in [0.29, 0.717) is 5.91 Å². The maximum atomic E-state index is 12.2. The van der Waals surface area contributed by atoms with Crippen molar-refractivity contribution in [1.82, 2.24) is 4.90 Å². The number of carbonyl (C=O) groups is 1. The minimum atomic E-state index is -0.0838. The molecule has 1 amide bonds. The van der Waals surface area contributed by atoms with Gasteiger partial charge in [0.15, 0.2) is 0 Å². The third-order valence-corrected chi connectivity index (χ3v) is 4.17. The van der Waals surface area contributed by atoms with Crippen molar-refractivity contribution in [1.29, 1.82) is 0 Å². The summed E-state index contributed by atoms with van der Waals surface area (Å²) >= 11 is 0. The molecule has 0 unspecified atom stereocenters. The number of hydrogen-bond acceptors (Lipinski definition) is 2. The van der Waals surface area contributed by atoms with Crippen molar-refractivity contribution in [3.63, 3.8) is 0 Å². The van der Waals surface area contributed by atoms with Gasteiger partial charge in [0.05, 0.1) is 5.41 Å². The Hall–Kier alpha value is -0.570. The van der Waals surface area contributed by atoms with Crippen LogP contribution in [-0.2, 0) is 4.79 Å². The van der Waals surface area contributed by atoms with Gasteiger partial charge >= 0.3 is 0 Å². The molecular weight excluding hydrogens is 176 g/mol. The van der Waals surface area contributed by atoms with Crippen LogP contribution in [0.4, 0.5) is 0 Å². The van der Waals surface area contributed by atoms with Gasteiger partial charge in [-0.15, -0.1) is 0 Å². The smallest absolute Gasteiger partial charge is 0.228 e. The maximum absolute atomic E-state index is 12.2. The van der Waals surface area contributed by atoms with Crippen LogP contribution < -0.4 is 5.73 Å². The largest absolute Gasteiger partial charge is 0.346 e. The summed E-state index contributed by atoms with van der Waals surface area (Å²) in [4.78, 5) is 14.0. The summed E-state index contributed by atoms with van der Waals surface area (Å²) < 4.78 is 0. The molecular formula is C11H20N2O. The summed E-state index contributed by atoms with van der Waals surface area (Å²) in [6.07, 6.45) is 5.01. The first-order chi connectivity index (χ1) is 6.51. The fourth-order valence-electron chi connectivity index (χ4n) is 3.09. The molecule has 0 spiro atoms. The molecule has 2 bridgehead atoms. The molecule has 0 saturated heterocycles. The Morgan fingerprint density at radius 3 is 2.29 bits per heavy atom. The number of fused-ring (bicyclic) bond motifs is 2. The van der Waals surface area contributed by atoms with Crippen LogP contribution in [0.1, 0.15) is 39.0 Å². The Morgan fingerprint density at radius 1 is 1.36 bits per heavy atom. The van der Waals surface area contributed by atoms with Crippen molar-refractivity contribution in [3.05, 3.63) is 0 Å². The number of amides is 1. The molecule has 80 valence electrons. The lowest BCUT2D eigenvalue weighted by molar-refractivity contribution is -0.140. The Bertz CT molecular complexity index is 254. The molecule has 0 aromatic heterocycles. The van der Waals surface area contributed by atoms with Gasteiger partial charge in [-0.3, -0.25) is 4.79 Å². The van der Waals surface area contributed by atoms with Crippen molar-refractivity contribution in [2.75, 3.05) is 13.6 Å². The molecule has 2 aliphatic rings. The second-order valence-electron chi connectivity index (χ2n) is 5.14. The van der Waals surface area contributed by atoms with Crippen LogP contribution in [0.15, 0.2) is 0 Å². The molecule has 0 heterocycles. The molecule has 3 nitrogen and oxygen atoms in total. The summed E-state index contributed by atoms with van der Waals surface area (Å²) in [5.41, 5.74) is 6.10. The number of nitrogens with zero attached hydrogens (tertiary/aromatic N) is 1. The molecule has 0 radical (unpaired) electrons. The second kappa shape index (κ2) is 2.96. The first-order valence-corrected chi connectivity index (χ1v) is 5.56. The van der Waals surface area contributed by atoms with Crippen LogP contribution in [0.5, 0.6) is 0 Å². The predicted molar refractivity (Wildman–Crippen MR) is 55.7 cm³/mol. The van der Waals surface area contributed by atoms with E-state index in [9.17, 15) is 4.79 Å². The summed E-state index contributed by atoms with van der Waals surface area (Å²) in [5, 5.41) is 0. The number of rotatable bonds is 2. The number of hydrogen-bond donors (Lipinski definition) is 1. The van der Waals surface area contributed by atoms with Gasteiger partial charge in [0.25, 0.3) is 0 Å². The van der Waals surface area contributed by atoms with Crippen LogP contribution in [-0.4, -0.2) is 29.9 Å². The molecule has 2 rings (SSSR count). The van der Waals surface area contributed by atoms with E-state index in [2.05, 4.69) is 0 Å². The summed E-state index contributed by atoms with van der Waals surface area (Å²) in [6, 6.07) is 0. The van der Waals surface area contributed by atoms with Gasteiger partial charge in [-0.2, -0.15) is 0 Å². The molecule has 2 saturated carbocycles. The van der Waals surface area contributed by atoms with Gasteiger partial charge in [0, 0.05) is 19.1 Å². The summed E-state index contributed by atoms with van der Waals surface area (Å²) in [6.45, 7) is 2.83. The van der Waals surface area contributed by atoms with Crippen molar-refractivity contribution in [3.8, 4) is 0 Å². The highest BCUT2D eigenvalue weighted by atomic mass is 16.2. The van der Waals surface area contributed by atoms with Crippen molar-refractivity contribution in [2.24, 2.45) is 11.1 Å².